The SMILES string of the molecule is COCCN(CCCN(C)C)C(=O)c1n[nH]c(C(C)C)n1. The van der Waals surface area contributed by atoms with Crippen LogP contribution in [0.2, 0.25) is 0 Å². The maximum absolute atomic E-state index is 12.5. The second kappa shape index (κ2) is 8.74. The molecule has 0 aromatic carbocycles. The molecule has 1 amide bonds. The molecule has 1 heterocycles. The molecule has 0 aliphatic heterocycles. The molecule has 0 unspecified atom stereocenters. The van der Waals surface area contributed by atoms with Crippen molar-refractivity contribution in [1.29, 1.82) is 0 Å². The highest BCUT2D eigenvalue weighted by Gasteiger charge is 2.20. The number of nitrogens with one attached hydrogen (secondary N) is 1. The van der Waals surface area contributed by atoms with Gasteiger partial charge in [-0.1, -0.05) is 13.8 Å². The summed E-state index contributed by atoms with van der Waals surface area (Å²) in [6.45, 7) is 6.68. The van der Waals surface area contributed by atoms with Crippen LogP contribution in [0.4, 0.5) is 0 Å². The molecule has 120 valence electrons. The van der Waals surface area contributed by atoms with Gasteiger partial charge in [0, 0.05) is 26.1 Å². The van der Waals surface area contributed by atoms with E-state index in [0.717, 1.165) is 18.8 Å². The third kappa shape index (κ3) is 5.81. The van der Waals surface area contributed by atoms with Gasteiger partial charge in [0.15, 0.2) is 0 Å². The van der Waals surface area contributed by atoms with Gasteiger partial charge in [-0.05, 0) is 27.1 Å². The summed E-state index contributed by atoms with van der Waals surface area (Å²) in [4.78, 5) is 20.6. The summed E-state index contributed by atoms with van der Waals surface area (Å²) >= 11 is 0. The number of ether oxygens (including phenoxy) is 1. The minimum Gasteiger partial charge on any atom is -0.383 e. The van der Waals surface area contributed by atoms with Crippen LogP contribution in [0.5, 0.6) is 0 Å². The molecule has 1 aromatic rings. The molecule has 0 saturated carbocycles. The highest BCUT2D eigenvalue weighted by atomic mass is 16.5. The van der Waals surface area contributed by atoms with E-state index in [4.69, 9.17) is 4.74 Å². The molecule has 7 heteroatoms. The van der Waals surface area contributed by atoms with Crippen molar-refractivity contribution in [2.45, 2.75) is 26.2 Å². The minimum atomic E-state index is -0.144. The van der Waals surface area contributed by atoms with Gasteiger partial charge in [0.2, 0.25) is 5.82 Å². The normalized spacial score (nSPS) is 11.4. The van der Waals surface area contributed by atoms with E-state index in [1.54, 1.807) is 12.0 Å². The first-order valence-electron chi connectivity index (χ1n) is 7.31. The molecular formula is C14H27N5O2. The number of hydrogen-bond acceptors (Lipinski definition) is 5. The number of rotatable bonds is 9. The predicted octanol–water partition coefficient (Wildman–Crippen LogP) is 0.968. The van der Waals surface area contributed by atoms with Crippen LogP contribution in [-0.2, 0) is 4.74 Å². The van der Waals surface area contributed by atoms with Crippen LogP contribution in [-0.4, -0.2) is 78.3 Å². The monoisotopic (exact) mass is 297 g/mol. The Balaban J connectivity index is 2.68. The maximum Gasteiger partial charge on any atom is 0.293 e. The second-order valence-electron chi connectivity index (χ2n) is 5.64. The summed E-state index contributed by atoms with van der Waals surface area (Å²) < 4.78 is 5.08. The Kier molecular flexibility index (Phi) is 7.31. The highest BCUT2D eigenvalue weighted by Crippen LogP contribution is 2.09. The van der Waals surface area contributed by atoms with Crippen molar-refractivity contribution in [2.24, 2.45) is 0 Å². The van der Waals surface area contributed by atoms with Gasteiger partial charge in [0.25, 0.3) is 5.91 Å². The van der Waals surface area contributed by atoms with E-state index >= 15 is 0 Å². The molecule has 21 heavy (non-hydrogen) atoms. The standard InChI is InChI=1S/C14H27N5O2/c1-11(2)12-15-13(17-16-12)14(20)19(9-10-21-5)8-6-7-18(3)4/h11H,6-10H2,1-5H3,(H,15,16,17). The van der Waals surface area contributed by atoms with E-state index in [1.807, 2.05) is 27.9 Å². The average Bonchev–Trinajstić information content (AvgIpc) is 2.91. The summed E-state index contributed by atoms with van der Waals surface area (Å²) in [6.07, 6.45) is 0.907. The van der Waals surface area contributed by atoms with E-state index in [1.165, 1.54) is 0 Å². The molecule has 0 atom stereocenters. The van der Waals surface area contributed by atoms with Crippen molar-refractivity contribution in [3.05, 3.63) is 11.6 Å². The molecule has 0 aliphatic rings. The summed E-state index contributed by atoms with van der Waals surface area (Å²) in [7, 11) is 5.67. The fourth-order valence-corrected chi connectivity index (χ4v) is 1.86. The molecule has 1 rings (SSSR count). The molecule has 0 spiro atoms. The molecule has 0 aliphatic carbocycles. The van der Waals surface area contributed by atoms with Crippen LogP contribution in [0.15, 0.2) is 0 Å². The number of hydrogen-bond donors (Lipinski definition) is 1. The van der Waals surface area contributed by atoms with Crippen molar-refractivity contribution in [2.75, 3.05) is 47.4 Å². The quantitative estimate of drug-likeness (QED) is 0.735. The first kappa shape index (κ1) is 17.6. The lowest BCUT2D eigenvalue weighted by Crippen LogP contribution is -2.36. The lowest BCUT2D eigenvalue weighted by Gasteiger charge is -2.21. The Bertz CT molecular complexity index is 431. The lowest BCUT2D eigenvalue weighted by atomic mass is 10.2. The van der Waals surface area contributed by atoms with Gasteiger partial charge in [0.05, 0.1) is 6.61 Å². The van der Waals surface area contributed by atoms with E-state index in [2.05, 4.69) is 20.1 Å². The minimum absolute atomic E-state index is 0.144. The van der Waals surface area contributed by atoms with Gasteiger partial charge in [-0.3, -0.25) is 9.89 Å². The Morgan fingerprint density at radius 3 is 2.52 bits per heavy atom. The van der Waals surface area contributed by atoms with Crippen LogP contribution >= 0.6 is 0 Å². The molecule has 7 nitrogen and oxygen atoms in total. The molecular weight excluding hydrogens is 270 g/mol. The number of carbonyl (C=O) groups is 1. The van der Waals surface area contributed by atoms with Crippen molar-refractivity contribution >= 4 is 5.91 Å². The predicted molar refractivity (Wildman–Crippen MR) is 81.4 cm³/mol. The molecule has 0 saturated heterocycles. The van der Waals surface area contributed by atoms with Gasteiger partial charge in [-0.25, -0.2) is 4.98 Å². The zero-order chi connectivity index (χ0) is 15.8. The maximum atomic E-state index is 12.5. The number of nitrogens with zero attached hydrogens (tertiary/aromatic N) is 4. The first-order chi connectivity index (χ1) is 9.95. The second-order valence-corrected chi connectivity index (χ2v) is 5.64. The summed E-state index contributed by atoms with van der Waals surface area (Å²) in [5, 5.41) is 6.85. The third-order valence-electron chi connectivity index (χ3n) is 3.13. The van der Waals surface area contributed by atoms with Crippen molar-refractivity contribution in [3.63, 3.8) is 0 Å². The number of amides is 1. The van der Waals surface area contributed by atoms with Crippen LogP contribution in [0.25, 0.3) is 0 Å². The van der Waals surface area contributed by atoms with Crippen LogP contribution in [0.1, 0.15) is 42.6 Å². The number of H-pyrrole nitrogens is 1. The van der Waals surface area contributed by atoms with Crippen molar-refractivity contribution in [3.8, 4) is 0 Å². The van der Waals surface area contributed by atoms with Crippen LogP contribution in [0, 0.1) is 0 Å². The molecule has 0 fully saturated rings. The molecule has 0 radical (unpaired) electrons. The van der Waals surface area contributed by atoms with Crippen LogP contribution in [0.3, 0.4) is 0 Å². The fourth-order valence-electron chi connectivity index (χ4n) is 1.86. The Morgan fingerprint density at radius 1 is 1.29 bits per heavy atom. The summed E-state index contributed by atoms with van der Waals surface area (Å²) in [5.74, 6) is 1.05. The largest absolute Gasteiger partial charge is 0.383 e. The topological polar surface area (TPSA) is 74.3 Å². The zero-order valence-corrected chi connectivity index (χ0v) is 13.7. The Labute approximate surface area is 126 Å². The Hall–Kier alpha value is -1.47. The summed E-state index contributed by atoms with van der Waals surface area (Å²) in [6, 6.07) is 0. The van der Waals surface area contributed by atoms with Crippen LogP contribution < -0.4 is 0 Å². The number of carbonyl (C=O) groups excluding carboxylic acids is 1. The number of aromatic nitrogens is 3. The fraction of sp³-hybridized carbons (Fsp3) is 0.786. The van der Waals surface area contributed by atoms with E-state index < -0.39 is 0 Å². The first-order valence-corrected chi connectivity index (χ1v) is 7.31. The average molecular weight is 297 g/mol. The Morgan fingerprint density at radius 2 is 2.00 bits per heavy atom. The van der Waals surface area contributed by atoms with Gasteiger partial charge >= 0.3 is 0 Å². The summed E-state index contributed by atoms with van der Waals surface area (Å²) in [5.41, 5.74) is 0. The van der Waals surface area contributed by atoms with Crippen molar-refractivity contribution < 1.29 is 9.53 Å². The van der Waals surface area contributed by atoms with Gasteiger partial charge in [-0.15, -0.1) is 5.10 Å². The highest BCUT2D eigenvalue weighted by molar-refractivity contribution is 5.90. The smallest absolute Gasteiger partial charge is 0.293 e. The van der Waals surface area contributed by atoms with Gasteiger partial charge in [-0.2, -0.15) is 0 Å². The molecule has 1 aromatic heterocycles. The lowest BCUT2D eigenvalue weighted by molar-refractivity contribution is 0.0677. The van der Waals surface area contributed by atoms with Gasteiger partial charge < -0.3 is 14.5 Å². The number of methoxy groups -OCH3 is 1. The molecule has 0 bridgehead atoms. The van der Waals surface area contributed by atoms with E-state index in [9.17, 15) is 4.79 Å². The molecule has 1 N–H and O–H groups in total. The zero-order valence-electron chi connectivity index (χ0n) is 13.7. The van der Waals surface area contributed by atoms with Crippen molar-refractivity contribution in [1.82, 2.24) is 25.0 Å². The third-order valence-corrected chi connectivity index (χ3v) is 3.13. The van der Waals surface area contributed by atoms with E-state index in [-0.39, 0.29) is 17.6 Å². The van der Waals surface area contributed by atoms with E-state index in [0.29, 0.717) is 19.7 Å². The van der Waals surface area contributed by atoms with Gasteiger partial charge in [0.1, 0.15) is 5.82 Å². The number of aromatic amines is 1.